The van der Waals surface area contributed by atoms with Crippen molar-refractivity contribution in [2.45, 2.75) is 119 Å². The van der Waals surface area contributed by atoms with Crippen LogP contribution < -0.4 is 0 Å². The predicted molar refractivity (Wildman–Crippen MR) is 122 cm³/mol. The zero-order chi connectivity index (χ0) is 20.1. The summed E-state index contributed by atoms with van der Waals surface area (Å²) in [5, 5.41) is 0. The normalized spacial score (nSPS) is 47.9. The molecule has 1 unspecified atom stereocenters. The minimum absolute atomic E-state index is 0.666. The number of rotatable bonds is 5. The molecule has 0 spiro atoms. The van der Waals surface area contributed by atoms with Gasteiger partial charge in [-0.25, -0.2) is 0 Å². The molecular formula is C28H50. The van der Waals surface area contributed by atoms with E-state index < -0.39 is 0 Å². The molecule has 4 saturated carbocycles. The molecule has 4 rings (SSSR count). The Hall–Kier alpha value is 0. The summed E-state index contributed by atoms with van der Waals surface area (Å²) in [6.07, 6.45) is 18.4. The van der Waals surface area contributed by atoms with Crippen LogP contribution in [0.1, 0.15) is 119 Å². The van der Waals surface area contributed by atoms with E-state index in [2.05, 4.69) is 41.5 Å². The summed E-state index contributed by atoms with van der Waals surface area (Å²) in [6.45, 7) is 15.4. The van der Waals surface area contributed by atoms with E-state index in [-0.39, 0.29) is 0 Å². The van der Waals surface area contributed by atoms with E-state index in [1.807, 2.05) is 0 Å². The molecule has 9 atom stereocenters. The van der Waals surface area contributed by atoms with E-state index >= 15 is 0 Å². The summed E-state index contributed by atoms with van der Waals surface area (Å²) in [5.41, 5.74) is 1.37. The fourth-order valence-corrected chi connectivity index (χ4v) is 9.33. The Morgan fingerprint density at radius 2 is 1.46 bits per heavy atom. The highest BCUT2D eigenvalue weighted by atomic mass is 14.6. The van der Waals surface area contributed by atoms with E-state index in [0.29, 0.717) is 10.8 Å². The van der Waals surface area contributed by atoms with Crippen LogP contribution in [0.3, 0.4) is 0 Å². The van der Waals surface area contributed by atoms with Gasteiger partial charge in [0.2, 0.25) is 0 Å². The monoisotopic (exact) mass is 386 g/mol. The Bertz CT molecular complexity index is 534. The third kappa shape index (κ3) is 3.41. The first-order valence-electron chi connectivity index (χ1n) is 13.3. The molecule has 0 aromatic rings. The smallest absolute Gasteiger partial charge is 0.0264 e. The molecule has 0 bridgehead atoms. The second kappa shape index (κ2) is 7.92. The maximum Gasteiger partial charge on any atom is -0.0264 e. The van der Waals surface area contributed by atoms with Crippen LogP contribution in [0.4, 0.5) is 0 Å². The third-order valence-corrected chi connectivity index (χ3v) is 11.6. The van der Waals surface area contributed by atoms with E-state index in [0.717, 1.165) is 47.3 Å². The van der Waals surface area contributed by atoms with Gasteiger partial charge in [0, 0.05) is 0 Å². The van der Waals surface area contributed by atoms with Crippen molar-refractivity contribution < 1.29 is 0 Å². The van der Waals surface area contributed by atoms with Crippen molar-refractivity contribution in [2.75, 3.05) is 0 Å². The standard InChI is InChI=1S/C28H50/c1-19(2)20(3)10-11-21(4)24-14-15-25-23-13-12-22-9-7-8-17-27(22,5)26(23)16-18-28(24,25)6/h19-26H,7-18H2,1-6H3/t20?,21-,22+,23+,24-,25+,26+,27+,28-/m1/s1. The Morgan fingerprint density at radius 3 is 2.21 bits per heavy atom. The van der Waals surface area contributed by atoms with Crippen LogP contribution in [0.25, 0.3) is 0 Å². The van der Waals surface area contributed by atoms with Crippen molar-refractivity contribution in [3.63, 3.8) is 0 Å². The van der Waals surface area contributed by atoms with Gasteiger partial charge in [0.15, 0.2) is 0 Å². The summed E-state index contributed by atoms with van der Waals surface area (Å²) in [5.74, 6) is 7.96. The first-order chi connectivity index (χ1) is 13.3. The Morgan fingerprint density at radius 1 is 0.714 bits per heavy atom. The number of hydrogen-bond donors (Lipinski definition) is 0. The summed E-state index contributed by atoms with van der Waals surface area (Å²) in [6, 6.07) is 0. The topological polar surface area (TPSA) is 0 Å². The van der Waals surface area contributed by atoms with Gasteiger partial charge in [0.05, 0.1) is 0 Å². The lowest BCUT2D eigenvalue weighted by molar-refractivity contribution is -0.114. The quantitative estimate of drug-likeness (QED) is 0.443. The highest BCUT2D eigenvalue weighted by molar-refractivity contribution is 5.09. The SMILES string of the molecule is CC(C)C(C)CC[C@@H](C)[C@H]1CC[C@H]2[C@@H]3CC[C@@H]4CCCC[C@]4(C)[C@H]3CC[C@]12C. The summed E-state index contributed by atoms with van der Waals surface area (Å²) >= 11 is 0. The van der Waals surface area contributed by atoms with Crippen LogP contribution in [-0.4, -0.2) is 0 Å². The first kappa shape index (κ1) is 21.2. The van der Waals surface area contributed by atoms with E-state index in [9.17, 15) is 0 Å². The van der Waals surface area contributed by atoms with Crippen LogP contribution >= 0.6 is 0 Å². The summed E-state index contributed by atoms with van der Waals surface area (Å²) in [7, 11) is 0. The fourth-order valence-electron chi connectivity index (χ4n) is 9.33. The molecule has 0 heteroatoms. The van der Waals surface area contributed by atoms with Crippen molar-refractivity contribution in [2.24, 2.45) is 58.2 Å². The van der Waals surface area contributed by atoms with E-state index in [4.69, 9.17) is 0 Å². The molecule has 0 aromatic heterocycles. The molecular weight excluding hydrogens is 336 g/mol. The molecule has 0 aromatic carbocycles. The zero-order valence-corrected chi connectivity index (χ0v) is 20.1. The van der Waals surface area contributed by atoms with Crippen molar-refractivity contribution in [3.05, 3.63) is 0 Å². The molecule has 0 amide bonds. The second-order valence-electron chi connectivity index (χ2n) is 12.9. The van der Waals surface area contributed by atoms with Gasteiger partial charge in [0.25, 0.3) is 0 Å². The Labute approximate surface area is 177 Å². The van der Waals surface area contributed by atoms with Crippen LogP contribution in [0, 0.1) is 58.2 Å². The first-order valence-corrected chi connectivity index (χ1v) is 13.3. The Kier molecular flexibility index (Phi) is 6.01. The highest BCUT2D eigenvalue weighted by Crippen LogP contribution is 2.68. The van der Waals surface area contributed by atoms with Crippen LogP contribution in [0.5, 0.6) is 0 Å². The molecule has 4 aliphatic carbocycles. The minimum atomic E-state index is 0.666. The van der Waals surface area contributed by atoms with Gasteiger partial charge in [-0.15, -0.1) is 0 Å². The van der Waals surface area contributed by atoms with Crippen molar-refractivity contribution in [1.82, 2.24) is 0 Å². The average molecular weight is 387 g/mol. The molecule has 0 aliphatic heterocycles. The largest absolute Gasteiger partial charge is 0.0625 e. The zero-order valence-electron chi connectivity index (χ0n) is 20.1. The lowest BCUT2D eigenvalue weighted by Crippen LogP contribution is -2.53. The molecule has 0 nitrogen and oxygen atoms in total. The van der Waals surface area contributed by atoms with Gasteiger partial charge in [-0.1, -0.05) is 67.2 Å². The van der Waals surface area contributed by atoms with Gasteiger partial charge in [0.1, 0.15) is 0 Å². The molecule has 0 radical (unpaired) electrons. The fraction of sp³-hybridized carbons (Fsp3) is 1.00. The Balaban J connectivity index is 1.46. The third-order valence-electron chi connectivity index (χ3n) is 11.6. The molecule has 162 valence electrons. The van der Waals surface area contributed by atoms with Crippen LogP contribution in [-0.2, 0) is 0 Å². The minimum Gasteiger partial charge on any atom is -0.0625 e. The lowest BCUT2D eigenvalue weighted by atomic mass is 9.44. The van der Waals surface area contributed by atoms with E-state index in [1.165, 1.54) is 25.7 Å². The van der Waals surface area contributed by atoms with Crippen molar-refractivity contribution in [3.8, 4) is 0 Å². The van der Waals surface area contributed by atoms with Crippen LogP contribution in [0.15, 0.2) is 0 Å². The maximum absolute atomic E-state index is 2.75. The number of fused-ring (bicyclic) bond motifs is 5. The molecule has 28 heavy (non-hydrogen) atoms. The van der Waals surface area contributed by atoms with Crippen molar-refractivity contribution in [1.29, 1.82) is 0 Å². The predicted octanol–water partition coefficient (Wildman–Crippen LogP) is 8.74. The van der Waals surface area contributed by atoms with Crippen molar-refractivity contribution >= 4 is 0 Å². The summed E-state index contributed by atoms with van der Waals surface area (Å²) < 4.78 is 0. The molecule has 4 fully saturated rings. The molecule has 0 saturated heterocycles. The molecule has 4 aliphatic rings. The van der Waals surface area contributed by atoms with E-state index in [1.54, 1.807) is 51.4 Å². The van der Waals surface area contributed by atoms with Gasteiger partial charge >= 0.3 is 0 Å². The second-order valence-corrected chi connectivity index (χ2v) is 12.9. The molecule has 0 N–H and O–H groups in total. The lowest BCUT2D eigenvalue weighted by Gasteiger charge is -2.61. The van der Waals surface area contributed by atoms with Gasteiger partial charge < -0.3 is 0 Å². The highest BCUT2D eigenvalue weighted by Gasteiger charge is 2.60. The summed E-state index contributed by atoms with van der Waals surface area (Å²) in [4.78, 5) is 0. The van der Waals surface area contributed by atoms with Gasteiger partial charge in [-0.05, 0) is 110 Å². The van der Waals surface area contributed by atoms with Crippen LogP contribution in [0.2, 0.25) is 0 Å². The molecule has 0 heterocycles. The number of hydrogen-bond acceptors (Lipinski definition) is 0. The van der Waals surface area contributed by atoms with Gasteiger partial charge in [-0.3, -0.25) is 0 Å². The maximum atomic E-state index is 2.75. The average Bonchev–Trinajstić information content (AvgIpc) is 3.02. The van der Waals surface area contributed by atoms with Gasteiger partial charge in [-0.2, -0.15) is 0 Å².